The van der Waals surface area contributed by atoms with E-state index in [1.807, 2.05) is 6.92 Å². The number of hydrogen-bond donors (Lipinski definition) is 2. The molecule has 0 bridgehead atoms. The predicted octanol–water partition coefficient (Wildman–Crippen LogP) is 3.47. The Balaban J connectivity index is 1.63. The highest BCUT2D eigenvalue weighted by Crippen LogP contribution is 2.51. The maximum atomic E-state index is 11.9. The average Bonchev–Trinajstić information content (AvgIpc) is 3.26. The van der Waals surface area contributed by atoms with Gasteiger partial charge in [-0.1, -0.05) is 11.6 Å². The predicted molar refractivity (Wildman–Crippen MR) is 105 cm³/mol. The van der Waals surface area contributed by atoms with Gasteiger partial charge < -0.3 is 25.1 Å². The fourth-order valence-corrected chi connectivity index (χ4v) is 5.56. The molecule has 2 aliphatic heterocycles. The van der Waals surface area contributed by atoms with Gasteiger partial charge in [0.2, 0.25) is 0 Å². The van der Waals surface area contributed by atoms with E-state index in [1.165, 1.54) is 0 Å². The molecular weight excluding hydrogens is 382 g/mol. The maximum Gasteiger partial charge on any atom is 0.336 e. The van der Waals surface area contributed by atoms with Gasteiger partial charge in [-0.2, -0.15) is 0 Å². The number of carbonyl (C=O) groups is 1. The van der Waals surface area contributed by atoms with Gasteiger partial charge in [0.15, 0.2) is 5.79 Å². The van der Waals surface area contributed by atoms with Crippen molar-refractivity contribution in [3.05, 3.63) is 27.3 Å². The number of carboxylic acid groups (broad SMARTS) is 1. The average molecular weight is 410 g/mol. The van der Waals surface area contributed by atoms with Crippen molar-refractivity contribution in [1.29, 1.82) is 0 Å². The van der Waals surface area contributed by atoms with Crippen molar-refractivity contribution in [1.82, 2.24) is 0 Å². The van der Waals surface area contributed by atoms with Crippen LogP contribution in [0.3, 0.4) is 0 Å². The third-order valence-corrected chi connectivity index (χ3v) is 7.16. The summed E-state index contributed by atoms with van der Waals surface area (Å²) in [6.45, 7) is 5.63. The molecule has 1 unspecified atom stereocenters. The lowest BCUT2D eigenvalue weighted by Gasteiger charge is -2.41. The topological polar surface area (TPSA) is 91.0 Å². The van der Waals surface area contributed by atoms with Crippen LogP contribution in [0.15, 0.2) is 0 Å². The molecule has 1 saturated heterocycles. The molecule has 0 aromatic heterocycles. The van der Waals surface area contributed by atoms with Crippen LogP contribution in [-0.2, 0) is 22.3 Å². The molecule has 1 atom stereocenters. The number of rotatable bonds is 4. The Morgan fingerprint density at radius 2 is 1.93 bits per heavy atom. The van der Waals surface area contributed by atoms with Gasteiger partial charge in [0.25, 0.3) is 0 Å². The number of benzene rings is 1. The van der Waals surface area contributed by atoms with Crippen LogP contribution >= 0.6 is 11.6 Å². The van der Waals surface area contributed by atoms with Crippen LogP contribution in [0.2, 0.25) is 5.02 Å². The van der Waals surface area contributed by atoms with Gasteiger partial charge in [0.1, 0.15) is 11.4 Å². The normalized spacial score (nSPS) is 26.4. The van der Waals surface area contributed by atoms with E-state index in [0.29, 0.717) is 54.9 Å². The minimum atomic E-state index is -0.964. The van der Waals surface area contributed by atoms with Crippen molar-refractivity contribution in [3.8, 4) is 5.75 Å². The highest BCUT2D eigenvalue weighted by atomic mass is 35.5. The Morgan fingerprint density at radius 1 is 1.29 bits per heavy atom. The molecule has 154 valence electrons. The number of fused-ring (bicyclic) bond motifs is 1. The number of ether oxygens (including phenoxy) is 3. The first kappa shape index (κ1) is 20.0. The molecule has 2 heterocycles. The molecule has 1 aromatic carbocycles. The smallest absolute Gasteiger partial charge is 0.336 e. The molecule has 1 spiro atoms. The lowest BCUT2D eigenvalue weighted by Crippen LogP contribution is -2.45. The molecule has 2 fully saturated rings. The van der Waals surface area contributed by atoms with Crippen molar-refractivity contribution < 1.29 is 24.1 Å². The molecule has 28 heavy (non-hydrogen) atoms. The first-order chi connectivity index (χ1) is 13.3. The monoisotopic (exact) mass is 409 g/mol. The minimum absolute atomic E-state index is 0.275. The maximum absolute atomic E-state index is 11.9. The molecule has 7 heteroatoms. The number of nitrogens with two attached hydrogens (primary N) is 1. The molecule has 3 aliphatic rings. The standard InChI is InChI=1S/C21H28ClNO5/c1-12-15-11-20(2,13-3-6-21(7-4-13)26-9-10-27-21)28-18(15)17(22)14(5-8-23)16(12)19(24)25/h13H,3-11,23H2,1-2H3,(H,24,25). The zero-order valence-electron chi connectivity index (χ0n) is 16.5. The summed E-state index contributed by atoms with van der Waals surface area (Å²) in [6, 6.07) is 0. The summed E-state index contributed by atoms with van der Waals surface area (Å²) in [6.07, 6.45) is 4.69. The number of halogens is 1. The zero-order chi connectivity index (χ0) is 20.1. The van der Waals surface area contributed by atoms with Crippen molar-refractivity contribution in [2.24, 2.45) is 11.7 Å². The number of aromatic carboxylic acids is 1. The summed E-state index contributed by atoms with van der Waals surface area (Å²) < 4.78 is 18.2. The molecule has 6 nitrogen and oxygen atoms in total. The first-order valence-electron chi connectivity index (χ1n) is 10.0. The van der Waals surface area contributed by atoms with Gasteiger partial charge in [-0.15, -0.1) is 0 Å². The van der Waals surface area contributed by atoms with Crippen molar-refractivity contribution in [2.45, 2.75) is 63.8 Å². The van der Waals surface area contributed by atoms with E-state index in [2.05, 4.69) is 6.92 Å². The highest BCUT2D eigenvalue weighted by Gasteiger charge is 2.49. The van der Waals surface area contributed by atoms with E-state index in [9.17, 15) is 9.90 Å². The molecule has 1 aliphatic carbocycles. The number of carboxylic acids is 1. The summed E-state index contributed by atoms with van der Waals surface area (Å²) in [7, 11) is 0. The second-order valence-corrected chi connectivity index (χ2v) is 8.80. The Kier molecular flexibility index (Phi) is 5.11. The Hall–Kier alpha value is -1.34. The van der Waals surface area contributed by atoms with Gasteiger partial charge in [-0.25, -0.2) is 4.79 Å². The molecule has 0 amide bonds. The fraction of sp³-hybridized carbons (Fsp3) is 0.667. The third-order valence-electron chi connectivity index (χ3n) is 6.76. The Labute approximate surface area is 170 Å². The Morgan fingerprint density at radius 3 is 2.50 bits per heavy atom. The zero-order valence-corrected chi connectivity index (χ0v) is 17.2. The van der Waals surface area contributed by atoms with Crippen LogP contribution in [0, 0.1) is 12.8 Å². The second-order valence-electron chi connectivity index (χ2n) is 8.42. The quantitative estimate of drug-likeness (QED) is 0.791. The van der Waals surface area contributed by atoms with Crippen molar-refractivity contribution in [2.75, 3.05) is 19.8 Å². The van der Waals surface area contributed by atoms with Gasteiger partial charge in [-0.05, 0) is 56.7 Å². The lowest BCUT2D eigenvalue weighted by molar-refractivity contribution is -0.190. The molecule has 3 N–H and O–H groups in total. The van der Waals surface area contributed by atoms with Gasteiger partial charge in [0.05, 0.1) is 23.8 Å². The SMILES string of the molecule is Cc1c2c(c(Cl)c(CCN)c1C(=O)O)OC(C)(C1CCC3(CC1)OCCO3)C2. The fourth-order valence-electron chi connectivity index (χ4n) is 5.22. The lowest BCUT2D eigenvalue weighted by atomic mass is 9.73. The molecule has 0 radical (unpaired) electrons. The summed E-state index contributed by atoms with van der Waals surface area (Å²) in [5.41, 5.74) is 7.81. The molecular formula is C21H28ClNO5. The van der Waals surface area contributed by atoms with Crippen LogP contribution in [0.5, 0.6) is 5.75 Å². The molecule has 1 saturated carbocycles. The van der Waals surface area contributed by atoms with Crippen LogP contribution in [0.25, 0.3) is 0 Å². The minimum Gasteiger partial charge on any atom is -0.485 e. The van der Waals surface area contributed by atoms with Crippen LogP contribution in [0.1, 0.15) is 59.7 Å². The summed E-state index contributed by atoms with van der Waals surface area (Å²) in [5.74, 6) is -0.394. The van der Waals surface area contributed by atoms with E-state index in [1.54, 1.807) is 0 Å². The molecule has 1 aromatic rings. The van der Waals surface area contributed by atoms with Crippen LogP contribution in [-0.4, -0.2) is 42.2 Å². The van der Waals surface area contributed by atoms with Crippen LogP contribution < -0.4 is 10.5 Å². The van der Waals surface area contributed by atoms with E-state index >= 15 is 0 Å². The van der Waals surface area contributed by atoms with Gasteiger partial charge in [0, 0.05) is 24.8 Å². The third kappa shape index (κ3) is 3.11. The largest absolute Gasteiger partial charge is 0.485 e. The Bertz CT molecular complexity index is 795. The summed E-state index contributed by atoms with van der Waals surface area (Å²) in [5, 5.41) is 10.2. The first-order valence-corrected chi connectivity index (χ1v) is 10.4. The van der Waals surface area contributed by atoms with E-state index < -0.39 is 17.4 Å². The number of hydrogen-bond acceptors (Lipinski definition) is 5. The van der Waals surface area contributed by atoms with Crippen LogP contribution in [0.4, 0.5) is 0 Å². The van der Waals surface area contributed by atoms with E-state index in [0.717, 1.165) is 36.8 Å². The van der Waals surface area contributed by atoms with Gasteiger partial charge >= 0.3 is 5.97 Å². The molecule has 4 rings (SSSR count). The summed E-state index contributed by atoms with van der Waals surface area (Å²) >= 11 is 6.63. The van der Waals surface area contributed by atoms with E-state index in [4.69, 9.17) is 31.5 Å². The second kappa shape index (κ2) is 7.17. The van der Waals surface area contributed by atoms with Crippen molar-refractivity contribution in [3.63, 3.8) is 0 Å². The highest BCUT2D eigenvalue weighted by molar-refractivity contribution is 6.33. The summed E-state index contributed by atoms with van der Waals surface area (Å²) in [4.78, 5) is 11.9. The van der Waals surface area contributed by atoms with Crippen molar-refractivity contribution >= 4 is 17.6 Å². The van der Waals surface area contributed by atoms with E-state index in [-0.39, 0.29) is 5.56 Å². The van der Waals surface area contributed by atoms with Gasteiger partial charge in [-0.3, -0.25) is 0 Å².